The van der Waals surface area contributed by atoms with E-state index in [2.05, 4.69) is 67.9 Å². The molecule has 2 aromatic carbocycles. The molecule has 1 heteroatoms. The number of nitrogens with zero attached hydrogens (tertiary/aromatic N) is 1. The number of pyridine rings is 1. The summed E-state index contributed by atoms with van der Waals surface area (Å²) in [6, 6.07) is 16.1. The fourth-order valence-electron chi connectivity index (χ4n) is 4.18. The summed E-state index contributed by atoms with van der Waals surface area (Å²) in [5.41, 5.74) is 6.19. The third kappa shape index (κ3) is 2.53. The lowest BCUT2D eigenvalue weighted by atomic mass is 9.93. The third-order valence-corrected chi connectivity index (χ3v) is 5.68. The Kier molecular flexibility index (Phi) is 3.58. The van der Waals surface area contributed by atoms with Gasteiger partial charge in [-0.3, -0.25) is 0 Å². The van der Waals surface area contributed by atoms with Gasteiger partial charge in [0.05, 0.1) is 6.76 Å². The summed E-state index contributed by atoms with van der Waals surface area (Å²) in [5.74, 6) is 0.681. The van der Waals surface area contributed by atoms with Gasteiger partial charge in [0.1, 0.15) is 7.05 Å². The van der Waals surface area contributed by atoms with Crippen LogP contribution in [0.1, 0.15) is 49.8 Å². The first-order valence-corrected chi connectivity index (χ1v) is 9.06. The Bertz CT molecular complexity index is 952. The van der Waals surface area contributed by atoms with Gasteiger partial charge in [-0.25, -0.2) is 0 Å². The van der Waals surface area contributed by atoms with Gasteiger partial charge in [-0.05, 0) is 54.3 Å². The van der Waals surface area contributed by atoms with E-state index < -0.39 is 0 Å². The van der Waals surface area contributed by atoms with E-state index in [1.807, 2.05) is 0 Å². The highest BCUT2D eigenvalue weighted by molar-refractivity contribution is 5.94. The molecule has 0 aliphatic heterocycles. The molecule has 0 unspecified atom stereocenters. The summed E-state index contributed by atoms with van der Waals surface area (Å²) in [6.07, 6.45) is 5.27. The molecule has 4 rings (SSSR count). The Morgan fingerprint density at radius 2 is 1.79 bits per heavy atom. The summed E-state index contributed by atoms with van der Waals surface area (Å²) in [4.78, 5) is 0. The number of benzene rings is 2. The largest absolute Gasteiger partial charge is 0.220 e. The van der Waals surface area contributed by atoms with E-state index >= 15 is 0 Å². The minimum Gasteiger partial charge on any atom is -0.198 e. The first-order chi connectivity index (χ1) is 12.1. The minimum atomic E-state index is 0.662. The van der Waals surface area contributed by atoms with E-state index in [0.717, 1.165) is 11.1 Å². The molecule has 0 saturated heterocycles. The smallest absolute Gasteiger partial charge is 0.198 e. The topological polar surface area (TPSA) is 3.88 Å². The second-order valence-corrected chi connectivity index (χ2v) is 7.22. The van der Waals surface area contributed by atoms with E-state index in [1.54, 1.807) is 0 Å². The zero-order valence-corrected chi connectivity index (χ0v) is 14.9. The summed E-state index contributed by atoms with van der Waals surface area (Å²) < 4.78 is 10.9. The Balaban J connectivity index is 2.01. The van der Waals surface area contributed by atoms with Crippen LogP contribution in [0.25, 0.3) is 22.0 Å². The Labute approximate surface area is 146 Å². The zero-order chi connectivity index (χ0) is 17.6. The van der Waals surface area contributed by atoms with Crippen LogP contribution in [-0.4, -0.2) is 0 Å². The Morgan fingerprint density at radius 1 is 1.04 bits per heavy atom. The fraction of sp³-hybridized carbons (Fsp3) is 0.348. The average molecular weight is 317 g/mol. The number of fused-ring (bicyclic) bond motifs is 1. The lowest BCUT2D eigenvalue weighted by molar-refractivity contribution is -0.665. The lowest BCUT2D eigenvalue weighted by Gasteiger charge is -2.13. The average Bonchev–Trinajstić information content (AvgIpc) is 3.16. The SMILES string of the molecule is [2H]c1c(C)[n+](C)c(-c2ccccc2C)c2ccc(C3CCCC3)cc12. The molecule has 1 aromatic heterocycles. The molecule has 0 radical (unpaired) electrons. The van der Waals surface area contributed by atoms with Gasteiger partial charge in [0.25, 0.3) is 0 Å². The highest BCUT2D eigenvalue weighted by atomic mass is 14.9. The number of hydrogen-bond donors (Lipinski definition) is 0. The van der Waals surface area contributed by atoms with E-state index in [4.69, 9.17) is 1.37 Å². The van der Waals surface area contributed by atoms with Crippen molar-refractivity contribution in [2.45, 2.75) is 45.4 Å². The van der Waals surface area contributed by atoms with Gasteiger partial charge < -0.3 is 0 Å². The highest BCUT2D eigenvalue weighted by Crippen LogP contribution is 2.36. The first kappa shape index (κ1) is 14.2. The third-order valence-electron chi connectivity index (χ3n) is 5.68. The van der Waals surface area contributed by atoms with Crippen LogP contribution >= 0.6 is 0 Å². The molecule has 122 valence electrons. The molecule has 24 heavy (non-hydrogen) atoms. The predicted molar refractivity (Wildman–Crippen MR) is 101 cm³/mol. The van der Waals surface area contributed by atoms with Crippen LogP contribution in [0.4, 0.5) is 0 Å². The maximum Gasteiger partial charge on any atom is 0.220 e. The van der Waals surface area contributed by atoms with Gasteiger partial charge in [-0.15, -0.1) is 0 Å². The maximum atomic E-state index is 8.69. The predicted octanol–water partition coefficient (Wildman–Crippen LogP) is 5.61. The summed E-state index contributed by atoms with van der Waals surface area (Å²) >= 11 is 0. The van der Waals surface area contributed by atoms with Gasteiger partial charge in [-0.1, -0.05) is 43.2 Å². The normalized spacial score (nSPS) is 15.9. The van der Waals surface area contributed by atoms with Crippen molar-refractivity contribution in [3.8, 4) is 11.3 Å². The first-order valence-electron chi connectivity index (χ1n) is 9.56. The molecule has 1 fully saturated rings. The van der Waals surface area contributed by atoms with Crippen molar-refractivity contribution >= 4 is 10.8 Å². The standard InChI is InChI=1S/C23H26N/c1-16-8-4-7-11-21(16)23-22-13-12-19(18-9-5-6-10-18)15-20(22)14-17(2)24(23)3/h4,7-8,11-15,18H,5-6,9-10H2,1-3H3/q+1/i14D. The Hall–Kier alpha value is -2.15. The van der Waals surface area contributed by atoms with E-state index in [-0.39, 0.29) is 0 Å². The number of aryl methyl sites for hydroxylation is 1. The van der Waals surface area contributed by atoms with Gasteiger partial charge in [0.15, 0.2) is 5.69 Å². The van der Waals surface area contributed by atoms with Gasteiger partial charge in [0.2, 0.25) is 5.69 Å². The second kappa shape index (κ2) is 6.05. The van der Waals surface area contributed by atoms with E-state index in [1.165, 1.54) is 53.5 Å². The molecule has 0 bridgehead atoms. The maximum absolute atomic E-state index is 8.69. The number of aromatic nitrogens is 1. The number of hydrogen-bond acceptors (Lipinski definition) is 0. The van der Waals surface area contributed by atoms with E-state index in [0.29, 0.717) is 12.0 Å². The van der Waals surface area contributed by atoms with Gasteiger partial charge >= 0.3 is 0 Å². The molecule has 0 amide bonds. The zero-order valence-electron chi connectivity index (χ0n) is 15.9. The molecule has 1 nitrogen and oxygen atoms in total. The van der Waals surface area contributed by atoms with Crippen molar-refractivity contribution in [3.63, 3.8) is 0 Å². The molecule has 3 aromatic rings. The van der Waals surface area contributed by atoms with Gasteiger partial charge in [-0.2, -0.15) is 4.57 Å². The van der Waals surface area contributed by atoms with Crippen LogP contribution in [0.2, 0.25) is 0 Å². The molecular weight excluding hydrogens is 290 g/mol. The molecule has 0 N–H and O–H groups in total. The summed E-state index contributed by atoms with van der Waals surface area (Å²) in [6.45, 7) is 4.23. The minimum absolute atomic E-state index is 0.662. The lowest BCUT2D eigenvalue weighted by Crippen LogP contribution is -2.35. The summed E-state index contributed by atoms with van der Waals surface area (Å²) in [5, 5.41) is 2.28. The van der Waals surface area contributed by atoms with Gasteiger partial charge in [0, 0.05) is 18.5 Å². The number of rotatable bonds is 2. The second-order valence-electron chi connectivity index (χ2n) is 7.22. The van der Waals surface area contributed by atoms with Crippen molar-refractivity contribution < 1.29 is 5.94 Å². The molecule has 1 aliphatic carbocycles. The van der Waals surface area contributed by atoms with Crippen molar-refractivity contribution in [2.75, 3.05) is 0 Å². The van der Waals surface area contributed by atoms with Crippen molar-refractivity contribution in [2.24, 2.45) is 7.05 Å². The molecule has 1 aliphatic rings. The molecular formula is C23H26N+. The fourth-order valence-corrected chi connectivity index (χ4v) is 4.18. The van der Waals surface area contributed by atoms with Crippen LogP contribution in [0, 0.1) is 13.8 Å². The molecule has 0 spiro atoms. The van der Waals surface area contributed by atoms with Crippen LogP contribution in [0.3, 0.4) is 0 Å². The quantitative estimate of drug-likeness (QED) is 0.541. The van der Waals surface area contributed by atoms with Crippen LogP contribution in [-0.2, 0) is 7.05 Å². The van der Waals surface area contributed by atoms with Crippen molar-refractivity contribution in [3.05, 3.63) is 65.3 Å². The summed E-state index contributed by atoms with van der Waals surface area (Å²) in [7, 11) is 2.08. The Morgan fingerprint density at radius 3 is 2.54 bits per heavy atom. The van der Waals surface area contributed by atoms with Crippen LogP contribution in [0.15, 0.2) is 48.5 Å². The van der Waals surface area contributed by atoms with Crippen LogP contribution < -0.4 is 4.57 Å². The molecule has 0 atom stereocenters. The van der Waals surface area contributed by atoms with Crippen molar-refractivity contribution in [1.29, 1.82) is 0 Å². The van der Waals surface area contributed by atoms with E-state index in [9.17, 15) is 0 Å². The molecule has 1 heterocycles. The van der Waals surface area contributed by atoms with Crippen molar-refractivity contribution in [1.82, 2.24) is 0 Å². The van der Waals surface area contributed by atoms with Crippen LogP contribution in [0.5, 0.6) is 0 Å². The monoisotopic (exact) mass is 317 g/mol. The highest BCUT2D eigenvalue weighted by Gasteiger charge is 2.22. The molecule has 1 saturated carbocycles.